The van der Waals surface area contributed by atoms with E-state index in [0.717, 1.165) is 49.7 Å². The Morgan fingerprint density at radius 2 is 2.16 bits per heavy atom. The second kappa shape index (κ2) is 6.87. The fourth-order valence-electron chi connectivity index (χ4n) is 2.88. The molecule has 2 aromatic heterocycles. The second-order valence-corrected chi connectivity index (χ2v) is 6.43. The second-order valence-electron chi connectivity index (χ2n) is 5.99. The van der Waals surface area contributed by atoms with E-state index >= 15 is 0 Å². The maximum absolute atomic E-state index is 12.2. The molecule has 1 fully saturated rings. The van der Waals surface area contributed by atoms with Crippen LogP contribution in [0.3, 0.4) is 0 Å². The lowest BCUT2D eigenvalue weighted by Gasteiger charge is -2.25. The third-order valence-corrected chi connectivity index (χ3v) is 4.38. The summed E-state index contributed by atoms with van der Waals surface area (Å²) in [5.74, 6) is 0.677. The van der Waals surface area contributed by atoms with Crippen LogP contribution < -0.4 is 5.32 Å². The third-order valence-electron chi connectivity index (χ3n) is 4.16. The van der Waals surface area contributed by atoms with Crippen LogP contribution in [-0.4, -0.2) is 52.1 Å². The van der Waals surface area contributed by atoms with Gasteiger partial charge in [0.05, 0.1) is 35.8 Å². The highest BCUT2D eigenvalue weighted by Gasteiger charge is 2.14. The topological polar surface area (TPSA) is 86.0 Å². The molecule has 0 saturated carbocycles. The van der Waals surface area contributed by atoms with E-state index in [9.17, 15) is 4.79 Å². The number of morpholine rings is 1. The van der Waals surface area contributed by atoms with Crippen LogP contribution in [0.1, 0.15) is 16.3 Å². The predicted molar refractivity (Wildman–Crippen MR) is 95.9 cm³/mol. The minimum absolute atomic E-state index is 0.237. The summed E-state index contributed by atoms with van der Waals surface area (Å²) in [6.45, 7) is 4.12. The molecule has 3 heterocycles. The van der Waals surface area contributed by atoms with Gasteiger partial charge >= 0.3 is 0 Å². The average Bonchev–Trinajstić information content (AvgIpc) is 3.21. The molecule has 0 aliphatic carbocycles. The predicted octanol–water partition coefficient (Wildman–Crippen LogP) is 2.63. The Morgan fingerprint density at radius 1 is 1.32 bits per heavy atom. The molecule has 25 heavy (non-hydrogen) atoms. The number of hydrogen-bond donors (Lipinski definition) is 3. The van der Waals surface area contributed by atoms with Gasteiger partial charge in [-0.2, -0.15) is 0 Å². The molecule has 0 unspecified atom stereocenters. The number of halogens is 1. The van der Waals surface area contributed by atoms with Crippen molar-refractivity contribution < 1.29 is 9.53 Å². The van der Waals surface area contributed by atoms with Crippen molar-refractivity contribution in [1.29, 1.82) is 0 Å². The Labute approximate surface area is 149 Å². The van der Waals surface area contributed by atoms with E-state index in [2.05, 4.69) is 25.2 Å². The lowest BCUT2D eigenvalue weighted by molar-refractivity contribution is 0.0332. The molecule has 1 aromatic carbocycles. The van der Waals surface area contributed by atoms with E-state index in [1.807, 2.05) is 18.2 Å². The van der Waals surface area contributed by atoms with Crippen LogP contribution in [0.5, 0.6) is 0 Å². The highest BCUT2D eigenvalue weighted by atomic mass is 35.5. The van der Waals surface area contributed by atoms with Gasteiger partial charge in [-0.15, -0.1) is 0 Å². The Kier molecular flexibility index (Phi) is 4.44. The quantitative estimate of drug-likeness (QED) is 0.668. The number of amides is 1. The minimum atomic E-state index is -0.237. The summed E-state index contributed by atoms with van der Waals surface area (Å²) in [4.78, 5) is 25.3. The number of carbonyl (C=O) groups excluding carboxylic acids is 1. The molecule has 7 nitrogen and oxygen atoms in total. The number of anilines is 1. The molecule has 3 aromatic rings. The zero-order valence-electron chi connectivity index (χ0n) is 13.5. The Morgan fingerprint density at radius 3 is 2.92 bits per heavy atom. The van der Waals surface area contributed by atoms with Gasteiger partial charge in [-0.1, -0.05) is 11.6 Å². The van der Waals surface area contributed by atoms with Gasteiger partial charge in [-0.05, 0) is 24.3 Å². The number of nitrogens with one attached hydrogen (secondary N) is 3. The summed E-state index contributed by atoms with van der Waals surface area (Å²) in [6.07, 6.45) is 1.58. The van der Waals surface area contributed by atoms with Gasteiger partial charge in [0.1, 0.15) is 11.5 Å². The van der Waals surface area contributed by atoms with Crippen molar-refractivity contribution in [1.82, 2.24) is 19.9 Å². The molecule has 0 atom stereocenters. The van der Waals surface area contributed by atoms with Gasteiger partial charge in [0.2, 0.25) is 0 Å². The lowest BCUT2D eigenvalue weighted by Crippen LogP contribution is -2.35. The average molecular weight is 360 g/mol. The molecule has 1 saturated heterocycles. The summed E-state index contributed by atoms with van der Waals surface area (Å²) < 4.78 is 5.36. The highest BCUT2D eigenvalue weighted by molar-refractivity contribution is 6.31. The van der Waals surface area contributed by atoms with Gasteiger partial charge in [0.25, 0.3) is 5.91 Å². The summed E-state index contributed by atoms with van der Waals surface area (Å²) >= 11 is 5.83. The number of aromatic amines is 2. The summed E-state index contributed by atoms with van der Waals surface area (Å²) in [6, 6.07) is 7.20. The number of carbonyl (C=O) groups is 1. The fraction of sp³-hybridized carbons (Fsp3) is 0.294. The van der Waals surface area contributed by atoms with Crippen LogP contribution in [0.15, 0.2) is 30.5 Å². The van der Waals surface area contributed by atoms with Crippen molar-refractivity contribution in [3.63, 3.8) is 0 Å². The Balaban J connectivity index is 1.48. The van der Waals surface area contributed by atoms with Crippen molar-refractivity contribution in [3.05, 3.63) is 47.0 Å². The number of fused-ring (bicyclic) bond motifs is 1. The van der Waals surface area contributed by atoms with Crippen LogP contribution in [-0.2, 0) is 11.3 Å². The highest BCUT2D eigenvalue weighted by Crippen LogP contribution is 2.19. The molecule has 0 spiro atoms. The number of nitrogens with zero attached hydrogens (tertiary/aromatic N) is 2. The molecule has 130 valence electrons. The number of hydrogen-bond acceptors (Lipinski definition) is 4. The molecule has 8 heteroatoms. The first-order chi connectivity index (χ1) is 12.2. The Hall–Kier alpha value is -2.35. The molecule has 3 N–H and O–H groups in total. The number of H-pyrrole nitrogens is 2. The van der Waals surface area contributed by atoms with E-state index < -0.39 is 0 Å². The molecule has 1 aliphatic heterocycles. The molecule has 0 bridgehead atoms. The molecule has 1 aliphatic rings. The largest absolute Gasteiger partial charge is 0.379 e. The van der Waals surface area contributed by atoms with Gasteiger partial charge in [-0.3, -0.25) is 9.69 Å². The van der Waals surface area contributed by atoms with Crippen molar-refractivity contribution in [2.24, 2.45) is 0 Å². The van der Waals surface area contributed by atoms with Crippen LogP contribution >= 0.6 is 11.6 Å². The molecular weight excluding hydrogens is 342 g/mol. The van der Waals surface area contributed by atoms with Crippen LogP contribution in [0.2, 0.25) is 5.02 Å². The maximum atomic E-state index is 12.2. The summed E-state index contributed by atoms with van der Waals surface area (Å²) in [5, 5.41) is 3.35. The van der Waals surface area contributed by atoms with Crippen molar-refractivity contribution in [3.8, 4) is 0 Å². The normalized spacial score (nSPS) is 15.6. The molecular formula is C17H18ClN5O2. The van der Waals surface area contributed by atoms with Gasteiger partial charge in [-0.25, -0.2) is 4.98 Å². The molecule has 1 amide bonds. The van der Waals surface area contributed by atoms with Crippen molar-refractivity contribution in [2.45, 2.75) is 6.54 Å². The zero-order valence-corrected chi connectivity index (χ0v) is 14.3. The number of ether oxygens (including phenoxy) is 1. The first-order valence-corrected chi connectivity index (χ1v) is 8.49. The number of imidazole rings is 1. The van der Waals surface area contributed by atoms with E-state index in [4.69, 9.17) is 16.3 Å². The summed E-state index contributed by atoms with van der Waals surface area (Å²) in [7, 11) is 0. The van der Waals surface area contributed by atoms with Crippen LogP contribution in [0.4, 0.5) is 5.69 Å². The van der Waals surface area contributed by atoms with E-state index in [1.54, 1.807) is 12.3 Å². The van der Waals surface area contributed by atoms with Gasteiger partial charge in [0, 0.05) is 25.0 Å². The fourth-order valence-corrected chi connectivity index (χ4v) is 3.05. The molecule has 0 radical (unpaired) electrons. The zero-order chi connectivity index (χ0) is 17.2. The smallest absolute Gasteiger partial charge is 0.272 e. The van der Waals surface area contributed by atoms with Gasteiger partial charge in [0.15, 0.2) is 0 Å². The van der Waals surface area contributed by atoms with Crippen molar-refractivity contribution >= 4 is 34.2 Å². The summed E-state index contributed by atoms with van der Waals surface area (Å²) in [5.41, 5.74) is 2.89. The van der Waals surface area contributed by atoms with Crippen LogP contribution in [0, 0.1) is 0 Å². The van der Waals surface area contributed by atoms with E-state index in [0.29, 0.717) is 16.4 Å². The van der Waals surface area contributed by atoms with Gasteiger partial charge < -0.3 is 20.0 Å². The number of aromatic nitrogens is 3. The number of benzene rings is 1. The van der Waals surface area contributed by atoms with Crippen LogP contribution in [0.25, 0.3) is 11.0 Å². The third kappa shape index (κ3) is 3.68. The SMILES string of the molecule is O=C(Nc1ccc2nc(CN3CCOCC3)[nH]c2c1)c1cc(Cl)c[nH]1. The van der Waals surface area contributed by atoms with Crippen molar-refractivity contribution in [2.75, 3.05) is 31.6 Å². The minimum Gasteiger partial charge on any atom is -0.379 e. The first-order valence-electron chi connectivity index (χ1n) is 8.11. The first kappa shape index (κ1) is 16.1. The van der Waals surface area contributed by atoms with E-state index in [1.165, 1.54) is 0 Å². The maximum Gasteiger partial charge on any atom is 0.272 e. The lowest BCUT2D eigenvalue weighted by atomic mass is 10.2. The molecule has 4 rings (SSSR count). The standard InChI is InChI=1S/C17H18ClN5O2/c18-11-7-15(19-9-11)17(24)20-12-1-2-13-14(8-12)22-16(21-13)10-23-3-5-25-6-4-23/h1-2,7-9,19H,3-6,10H2,(H,20,24)(H,21,22). The Bertz CT molecular complexity index is 897. The monoisotopic (exact) mass is 359 g/mol. The number of rotatable bonds is 4. The van der Waals surface area contributed by atoms with E-state index in [-0.39, 0.29) is 5.91 Å².